The highest BCUT2D eigenvalue weighted by Crippen LogP contribution is 2.13. The first kappa shape index (κ1) is 18.7. The van der Waals surface area contributed by atoms with E-state index in [0.29, 0.717) is 26.3 Å². The molecule has 2 aromatic rings. The summed E-state index contributed by atoms with van der Waals surface area (Å²) in [5.41, 5.74) is -0.601. The molecule has 142 valence electrons. The van der Waals surface area contributed by atoms with Crippen LogP contribution in [0.15, 0.2) is 35.3 Å². The van der Waals surface area contributed by atoms with Crippen molar-refractivity contribution in [3.63, 3.8) is 0 Å². The van der Waals surface area contributed by atoms with Gasteiger partial charge in [0.05, 0.1) is 18.8 Å². The van der Waals surface area contributed by atoms with Crippen molar-refractivity contribution in [2.75, 3.05) is 31.6 Å². The minimum absolute atomic E-state index is 0.133. The quantitative estimate of drug-likeness (QED) is 0.877. The summed E-state index contributed by atoms with van der Waals surface area (Å²) < 4.78 is 32.7. The highest BCUT2D eigenvalue weighted by molar-refractivity contribution is 6.05. The molecule has 0 atom stereocenters. The van der Waals surface area contributed by atoms with E-state index in [1.54, 1.807) is 4.90 Å². The van der Waals surface area contributed by atoms with Gasteiger partial charge in [0.15, 0.2) is 11.6 Å². The number of aromatic nitrogens is 1. The molecule has 0 saturated carbocycles. The van der Waals surface area contributed by atoms with E-state index in [1.807, 2.05) is 0 Å². The van der Waals surface area contributed by atoms with Gasteiger partial charge in [-0.1, -0.05) is 0 Å². The number of carbonyl (C=O) groups excluding carboxylic acids is 2. The lowest BCUT2D eigenvalue weighted by molar-refractivity contribution is 0.0302. The summed E-state index contributed by atoms with van der Waals surface area (Å²) in [5.74, 6) is -3.34. The zero-order valence-corrected chi connectivity index (χ0v) is 14.5. The van der Waals surface area contributed by atoms with Crippen molar-refractivity contribution in [2.24, 2.45) is 7.05 Å². The lowest BCUT2D eigenvalue weighted by Crippen LogP contribution is -2.41. The second-order valence-corrected chi connectivity index (χ2v) is 6.05. The molecule has 0 bridgehead atoms. The third-order valence-electron chi connectivity index (χ3n) is 4.16. The van der Waals surface area contributed by atoms with Crippen molar-refractivity contribution in [1.29, 1.82) is 0 Å². The molecule has 3 rings (SSSR count). The van der Waals surface area contributed by atoms with E-state index >= 15 is 0 Å². The van der Waals surface area contributed by atoms with Crippen molar-refractivity contribution >= 4 is 17.5 Å². The Morgan fingerprint density at radius 3 is 2.44 bits per heavy atom. The van der Waals surface area contributed by atoms with Crippen molar-refractivity contribution < 1.29 is 23.1 Å². The Balaban J connectivity index is 1.87. The number of anilines is 1. The topological polar surface area (TPSA) is 80.6 Å². The van der Waals surface area contributed by atoms with Crippen LogP contribution in [0.1, 0.15) is 20.7 Å². The molecular formula is C18H17F2N3O4. The van der Waals surface area contributed by atoms with E-state index in [1.165, 1.54) is 23.9 Å². The van der Waals surface area contributed by atoms with E-state index in [0.717, 1.165) is 18.2 Å². The number of hydrogen-bond donors (Lipinski definition) is 1. The van der Waals surface area contributed by atoms with E-state index in [4.69, 9.17) is 4.74 Å². The SMILES string of the molecule is Cn1cc(C(=O)N2CCOCC2)cc(NC(=O)c2ccc(F)c(F)c2)c1=O. The predicted octanol–water partition coefficient (Wildman–Crippen LogP) is 1.39. The Morgan fingerprint density at radius 1 is 1.07 bits per heavy atom. The number of carbonyl (C=O) groups is 2. The standard InChI is InChI=1S/C18H17F2N3O4/c1-22-10-12(17(25)23-4-6-27-7-5-23)9-15(18(22)26)21-16(24)11-2-3-13(19)14(20)8-11/h2-3,8-10H,4-7H2,1H3,(H,21,24). The number of pyridine rings is 1. The average Bonchev–Trinajstić information content (AvgIpc) is 2.67. The minimum atomic E-state index is -1.17. The van der Waals surface area contributed by atoms with Gasteiger partial charge in [0.2, 0.25) is 0 Å². The summed E-state index contributed by atoms with van der Waals surface area (Å²) in [6.45, 7) is 1.71. The van der Waals surface area contributed by atoms with E-state index in [-0.39, 0.29) is 22.7 Å². The third kappa shape index (κ3) is 4.03. The van der Waals surface area contributed by atoms with Crippen LogP contribution in [0, 0.1) is 11.6 Å². The van der Waals surface area contributed by atoms with Crippen molar-refractivity contribution in [2.45, 2.75) is 0 Å². The summed E-state index contributed by atoms with van der Waals surface area (Å²) in [7, 11) is 1.45. The summed E-state index contributed by atoms with van der Waals surface area (Å²) in [6, 6.07) is 3.93. The Morgan fingerprint density at radius 2 is 1.78 bits per heavy atom. The number of amides is 2. The van der Waals surface area contributed by atoms with Crippen molar-refractivity contribution in [1.82, 2.24) is 9.47 Å². The van der Waals surface area contributed by atoms with Crippen LogP contribution >= 0.6 is 0 Å². The van der Waals surface area contributed by atoms with Crippen molar-refractivity contribution in [3.8, 4) is 0 Å². The molecule has 0 radical (unpaired) electrons. The lowest BCUT2D eigenvalue weighted by atomic mass is 10.2. The Labute approximate surface area is 153 Å². The summed E-state index contributed by atoms with van der Waals surface area (Å²) in [4.78, 5) is 38.7. The van der Waals surface area contributed by atoms with Gasteiger partial charge in [-0.05, 0) is 24.3 Å². The average molecular weight is 377 g/mol. The first-order valence-corrected chi connectivity index (χ1v) is 8.21. The van der Waals surface area contributed by atoms with Crippen LogP contribution in [-0.2, 0) is 11.8 Å². The zero-order chi connectivity index (χ0) is 19.6. The maximum Gasteiger partial charge on any atom is 0.274 e. The molecule has 9 heteroatoms. The summed E-state index contributed by atoms with van der Waals surface area (Å²) in [5, 5.41) is 2.36. The number of nitrogens with one attached hydrogen (secondary N) is 1. The van der Waals surface area contributed by atoms with Crippen LogP contribution in [0.2, 0.25) is 0 Å². The molecular weight excluding hydrogens is 360 g/mol. The molecule has 2 heterocycles. The number of halogens is 2. The summed E-state index contributed by atoms with van der Waals surface area (Å²) >= 11 is 0. The second-order valence-electron chi connectivity index (χ2n) is 6.05. The van der Waals surface area contributed by atoms with E-state index in [9.17, 15) is 23.2 Å². The van der Waals surface area contributed by atoms with Gasteiger partial charge in [0, 0.05) is 31.9 Å². The lowest BCUT2D eigenvalue weighted by Gasteiger charge is -2.27. The third-order valence-corrected chi connectivity index (χ3v) is 4.16. The summed E-state index contributed by atoms with van der Waals surface area (Å²) in [6.07, 6.45) is 1.38. The van der Waals surface area contributed by atoms with Crippen LogP contribution in [0.5, 0.6) is 0 Å². The molecule has 1 N–H and O–H groups in total. The number of ether oxygens (including phenoxy) is 1. The van der Waals surface area contributed by atoms with Gasteiger partial charge in [0.25, 0.3) is 17.4 Å². The Kier molecular flexibility index (Phi) is 5.31. The zero-order valence-electron chi connectivity index (χ0n) is 14.5. The van der Waals surface area contributed by atoms with Crippen LogP contribution in [-0.4, -0.2) is 47.6 Å². The second kappa shape index (κ2) is 7.67. The van der Waals surface area contributed by atoms with Gasteiger partial charge in [-0.3, -0.25) is 14.4 Å². The highest BCUT2D eigenvalue weighted by atomic mass is 19.2. The molecule has 0 spiro atoms. The van der Waals surface area contributed by atoms with Gasteiger partial charge in [-0.25, -0.2) is 8.78 Å². The Bertz CT molecular complexity index is 952. The molecule has 1 aliphatic rings. The molecule has 1 fully saturated rings. The van der Waals surface area contributed by atoms with Crippen LogP contribution in [0.25, 0.3) is 0 Å². The molecule has 1 aromatic carbocycles. The normalized spacial score (nSPS) is 14.1. The van der Waals surface area contributed by atoms with Gasteiger partial charge in [-0.15, -0.1) is 0 Å². The molecule has 1 saturated heterocycles. The minimum Gasteiger partial charge on any atom is -0.378 e. The number of rotatable bonds is 3. The monoisotopic (exact) mass is 377 g/mol. The molecule has 0 aliphatic carbocycles. The fraction of sp³-hybridized carbons (Fsp3) is 0.278. The number of hydrogen-bond acceptors (Lipinski definition) is 4. The maximum absolute atomic E-state index is 13.3. The van der Waals surface area contributed by atoms with E-state index < -0.39 is 23.1 Å². The van der Waals surface area contributed by atoms with Gasteiger partial charge < -0.3 is 19.5 Å². The number of nitrogens with zero attached hydrogens (tertiary/aromatic N) is 2. The largest absolute Gasteiger partial charge is 0.378 e. The van der Waals surface area contributed by atoms with Crippen LogP contribution < -0.4 is 10.9 Å². The highest BCUT2D eigenvalue weighted by Gasteiger charge is 2.21. The molecule has 7 nitrogen and oxygen atoms in total. The van der Waals surface area contributed by atoms with Gasteiger partial charge in [0.1, 0.15) is 5.69 Å². The van der Waals surface area contributed by atoms with Crippen LogP contribution in [0.3, 0.4) is 0 Å². The molecule has 0 unspecified atom stereocenters. The molecule has 2 amide bonds. The first-order chi connectivity index (χ1) is 12.9. The maximum atomic E-state index is 13.3. The Hall–Kier alpha value is -3.07. The fourth-order valence-electron chi connectivity index (χ4n) is 2.70. The first-order valence-electron chi connectivity index (χ1n) is 8.21. The van der Waals surface area contributed by atoms with Gasteiger partial charge in [-0.2, -0.15) is 0 Å². The number of aryl methyl sites for hydroxylation is 1. The number of morpholine rings is 1. The smallest absolute Gasteiger partial charge is 0.274 e. The molecule has 1 aromatic heterocycles. The van der Waals surface area contributed by atoms with Gasteiger partial charge >= 0.3 is 0 Å². The van der Waals surface area contributed by atoms with E-state index in [2.05, 4.69) is 5.32 Å². The molecule has 27 heavy (non-hydrogen) atoms. The fourth-order valence-corrected chi connectivity index (χ4v) is 2.70. The van der Waals surface area contributed by atoms with Crippen molar-refractivity contribution in [3.05, 3.63) is 63.6 Å². The van der Waals surface area contributed by atoms with Crippen LogP contribution in [0.4, 0.5) is 14.5 Å². The predicted molar refractivity (Wildman–Crippen MR) is 92.7 cm³/mol. The number of benzene rings is 1. The molecule has 1 aliphatic heterocycles.